The van der Waals surface area contributed by atoms with E-state index in [4.69, 9.17) is 4.74 Å². The van der Waals surface area contributed by atoms with E-state index in [-0.39, 0.29) is 23.4 Å². The van der Waals surface area contributed by atoms with Crippen molar-refractivity contribution in [1.82, 2.24) is 10.2 Å². The zero-order valence-electron chi connectivity index (χ0n) is 14.0. The lowest BCUT2D eigenvalue weighted by atomic mass is 9.97. The van der Waals surface area contributed by atoms with Crippen molar-refractivity contribution in [1.29, 1.82) is 0 Å². The minimum Gasteiger partial charge on any atom is -0.378 e. The van der Waals surface area contributed by atoms with Crippen LogP contribution < -0.4 is 5.32 Å². The number of morpholine rings is 1. The molecule has 0 aromatic heterocycles. The predicted octanol–water partition coefficient (Wildman–Crippen LogP) is 2.28. The fraction of sp³-hybridized carbons (Fsp3) is 0.938. The molecule has 0 radical (unpaired) electrons. The molecule has 1 saturated heterocycles. The lowest BCUT2D eigenvalue weighted by Crippen LogP contribution is -2.58. The molecule has 1 heterocycles. The van der Waals surface area contributed by atoms with Gasteiger partial charge in [-0.05, 0) is 26.2 Å². The van der Waals surface area contributed by atoms with Crippen LogP contribution in [0.2, 0.25) is 0 Å². The highest BCUT2D eigenvalue weighted by molar-refractivity contribution is 5.78. The number of rotatable bonds is 6. The summed E-state index contributed by atoms with van der Waals surface area (Å²) in [6.45, 7) is 16.2. The zero-order valence-corrected chi connectivity index (χ0v) is 14.0. The molecule has 1 rings (SSSR count). The monoisotopic (exact) mass is 284 g/mol. The van der Waals surface area contributed by atoms with Crippen LogP contribution in [0.5, 0.6) is 0 Å². The molecule has 1 fully saturated rings. The van der Waals surface area contributed by atoms with Crippen molar-refractivity contribution in [3.8, 4) is 0 Å². The molecule has 1 N–H and O–H groups in total. The number of hydrogen-bond acceptors (Lipinski definition) is 3. The lowest BCUT2D eigenvalue weighted by Gasteiger charge is -2.44. The van der Waals surface area contributed by atoms with Crippen molar-refractivity contribution in [2.75, 3.05) is 26.3 Å². The summed E-state index contributed by atoms with van der Waals surface area (Å²) in [5.41, 5.74) is 0.0481. The van der Waals surface area contributed by atoms with Crippen LogP contribution >= 0.6 is 0 Å². The maximum Gasteiger partial charge on any atom is 0.223 e. The van der Waals surface area contributed by atoms with Gasteiger partial charge in [0.1, 0.15) is 0 Å². The molecular weight excluding hydrogens is 252 g/mol. The van der Waals surface area contributed by atoms with Gasteiger partial charge in [-0.1, -0.05) is 27.7 Å². The number of amides is 1. The van der Waals surface area contributed by atoms with Gasteiger partial charge in [0.25, 0.3) is 0 Å². The first-order valence-corrected chi connectivity index (χ1v) is 7.91. The van der Waals surface area contributed by atoms with Gasteiger partial charge in [0.05, 0.1) is 13.2 Å². The second-order valence-corrected chi connectivity index (χ2v) is 6.98. The van der Waals surface area contributed by atoms with Crippen LogP contribution in [-0.4, -0.2) is 48.7 Å². The van der Waals surface area contributed by atoms with E-state index in [0.29, 0.717) is 5.92 Å². The number of carbonyl (C=O) groups excluding carboxylic acids is 1. The highest BCUT2D eigenvalue weighted by Crippen LogP contribution is 2.20. The molecular formula is C16H32N2O2. The summed E-state index contributed by atoms with van der Waals surface area (Å²) in [5, 5.41) is 3.23. The normalized spacial score (nSPS) is 22.6. The first kappa shape index (κ1) is 17.4. The zero-order chi connectivity index (χ0) is 15.3. The van der Waals surface area contributed by atoms with Gasteiger partial charge in [-0.15, -0.1) is 0 Å². The number of hydrogen-bond donors (Lipinski definition) is 1. The average Bonchev–Trinajstić information content (AvgIpc) is 2.38. The molecule has 0 spiro atoms. The van der Waals surface area contributed by atoms with E-state index in [0.717, 1.165) is 32.7 Å². The second-order valence-electron chi connectivity index (χ2n) is 6.98. The molecule has 1 aliphatic rings. The molecule has 2 unspecified atom stereocenters. The fourth-order valence-corrected chi connectivity index (χ4v) is 2.40. The van der Waals surface area contributed by atoms with Gasteiger partial charge in [0, 0.05) is 30.6 Å². The van der Waals surface area contributed by atoms with Gasteiger partial charge >= 0.3 is 0 Å². The third-order valence-corrected chi connectivity index (χ3v) is 4.43. The standard InChI is InChI=1S/C16H32N2O2/c1-7-13(4)15(19)17-14(12(2)3)10-18-8-9-20-11-16(18,5)6/h12-14H,7-11H2,1-6H3,(H,17,19). The quantitative estimate of drug-likeness (QED) is 0.813. The highest BCUT2D eigenvalue weighted by Gasteiger charge is 2.33. The van der Waals surface area contributed by atoms with E-state index in [2.05, 4.69) is 44.8 Å². The summed E-state index contributed by atoms with van der Waals surface area (Å²) >= 11 is 0. The van der Waals surface area contributed by atoms with Crippen LogP contribution in [-0.2, 0) is 9.53 Å². The molecule has 0 bridgehead atoms. The molecule has 1 aliphatic heterocycles. The van der Waals surface area contributed by atoms with Gasteiger partial charge in [0.15, 0.2) is 0 Å². The van der Waals surface area contributed by atoms with E-state index < -0.39 is 0 Å². The summed E-state index contributed by atoms with van der Waals surface area (Å²) in [6, 6.07) is 0.203. The van der Waals surface area contributed by atoms with Crippen LogP contribution in [0.25, 0.3) is 0 Å². The Morgan fingerprint density at radius 3 is 2.50 bits per heavy atom. The minimum atomic E-state index is 0.0481. The van der Waals surface area contributed by atoms with Crippen molar-refractivity contribution < 1.29 is 9.53 Å². The molecule has 20 heavy (non-hydrogen) atoms. The Balaban J connectivity index is 2.65. The van der Waals surface area contributed by atoms with E-state index in [1.54, 1.807) is 0 Å². The summed E-state index contributed by atoms with van der Waals surface area (Å²) in [5.74, 6) is 0.702. The van der Waals surface area contributed by atoms with Crippen molar-refractivity contribution in [3.05, 3.63) is 0 Å². The van der Waals surface area contributed by atoms with Crippen molar-refractivity contribution in [3.63, 3.8) is 0 Å². The Hall–Kier alpha value is -0.610. The molecule has 0 aromatic carbocycles. The third kappa shape index (κ3) is 4.74. The molecule has 0 aromatic rings. The Kier molecular flexibility index (Phi) is 6.46. The summed E-state index contributed by atoms with van der Waals surface area (Å²) in [7, 11) is 0. The van der Waals surface area contributed by atoms with Gasteiger partial charge in [-0.25, -0.2) is 0 Å². The fourth-order valence-electron chi connectivity index (χ4n) is 2.40. The Morgan fingerprint density at radius 2 is 2.00 bits per heavy atom. The first-order chi connectivity index (χ1) is 9.27. The summed E-state index contributed by atoms with van der Waals surface area (Å²) < 4.78 is 5.56. The van der Waals surface area contributed by atoms with Crippen molar-refractivity contribution in [2.24, 2.45) is 11.8 Å². The summed E-state index contributed by atoms with van der Waals surface area (Å²) in [4.78, 5) is 14.6. The largest absolute Gasteiger partial charge is 0.378 e. The first-order valence-electron chi connectivity index (χ1n) is 7.91. The maximum atomic E-state index is 12.1. The molecule has 0 aliphatic carbocycles. The maximum absolute atomic E-state index is 12.1. The minimum absolute atomic E-state index is 0.0481. The average molecular weight is 284 g/mol. The SMILES string of the molecule is CCC(C)C(=O)NC(CN1CCOCC1(C)C)C(C)C. The molecule has 4 nitrogen and oxygen atoms in total. The second kappa shape index (κ2) is 7.41. The Bertz CT molecular complexity index is 316. The number of carbonyl (C=O) groups is 1. The van der Waals surface area contributed by atoms with Crippen LogP contribution in [0, 0.1) is 11.8 Å². The van der Waals surface area contributed by atoms with Crippen molar-refractivity contribution in [2.45, 2.75) is 59.5 Å². The Labute approximate surface area is 124 Å². The summed E-state index contributed by atoms with van der Waals surface area (Å²) in [6.07, 6.45) is 0.889. The predicted molar refractivity (Wildman–Crippen MR) is 82.7 cm³/mol. The molecule has 118 valence electrons. The third-order valence-electron chi connectivity index (χ3n) is 4.43. The molecule has 0 saturated carbocycles. The van der Waals surface area contributed by atoms with Crippen LogP contribution in [0.3, 0.4) is 0 Å². The van der Waals surface area contributed by atoms with Crippen molar-refractivity contribution >= 4 is 5.91 Å². The van der Waals surface area contributed by atoms with Crippen LogP contribution in [0.1, 0.15) is 48.0 Å². The number of ether oxygens (including phenoxy) is 1. The smallest absolute Gasteiger partial charge is 0.223 e. The van der Waals surface area contributed by atoms with Crippen LogP contribution in [0.4, 0.5) is 0 Å². The van der Waals surface area contributed by atoms with E-state index >= 15 is 0 Å². The number of nitrogens with one attached hydrogen (secondary N) is 1. The van der Waals surface area contributed by atoms with E-state index in [1.165, 1.54) is 0 Å². The lowest BCUT2D eigenvalue weighted by molar-refractivity contribution is -0.126. The van der Waals surface area contributed by atoms with Gasteiger partial charge in [-0.3, -0.25) is 9.69 Å². The number of nitrogens with zero attached hydrogens (tertiary/aromatic N) is 1. The van der Waals surface area contributed by atoms with E-state index in [9.17, 15) is 4.79 Å². The molecule has 4 heteroatoms. The van der Waals surface area contributed by atoms with E-state index in [1.807, 2.05) is 6.92 Å². The van der Waals surface area contributed by atoms with Gasteiger partial charge in [-0.2, -0.15) is 0 Å². The topological polar surface area (TPSA) is 41.6 Å². The molecule has 1 amide bonds. The van der Waals surface area contributed by atoms with Crippen LogP contribution in [0.15, 0.2) is 0 Å². The highest BCUT2D eigenvalue weighted by atomic mass is 16.5. The van der Waals surface area contributed by atoms with Gasteiger partial charge in [0.2, 0.25) is 5.91 Å². The Morgan fingerprint density at radius 1 is 1.35 bits per heavy atom. The molecule has 2 atom stereocenters. The van der Waals surface area contributed by atoms with Gasteiger partial charge < -0.3 is 10.1 Å².